The second kappa shape index (κ2) is 6.90. The number of nitrogens with one attached hydrogen (secondary N) is 1. The second-order valence-electron chi connectivity index (χ2n) is 6.47. The van der Waals surface area contributed by atoms with Crippen LogP contribution in [0.1, 0.15) is 22.5 Å². The third-order valence-corrected chi connectivity index (χ3v) is 4.72. The Hall–Kier alpha value is -3.52. The van der Waals surface area contributed by atoms with E-state index in [4.69, 9.17) is 0 Å². The van der Waals surface area contributed by atoms with Crippen LogP contribution in [0.3, 0.4) is 0 Å². The molecule has 1 aliphatic heterocycles. The predicted octanol–water partition coefficient (Wildman–Crippen LogP) is 2.06. The van der Waals surface area contributed by atoms with Gasteiger partial charge in [-0.2, -0.15) is 0 Å². The highest BCUT2D eigenvalue weighted by Gasteiger charge is 2.27. The SMILES string of the molecule is O=C1CCN(Cc2c(C(=O)O)c3cccc(F)c3c(=O)n2-c2ccccc2)N1. The number of aromatic carboxylic acids is 1. The van der Waals surface area contributed by atoms with Crippen molar-refractivity contribution in [2.45, 2.75) is 13.0 Å². The number of rotatable bonds is 4. The number of carboxylic acids is 1. The molecule has 1 aliphatic rings. The molecule has 3 aromatic rings. The van der Waals surface area contributed by atoms with Gasteiger partial charge in [0.15, 0.2) is 0 Å². The number of hydrogen-bond acceptors (Lipinski definition) is 4. The van der Waals surface area contributed by atoms with Gasteiger partial charge in [0, 0.05) is 24.0 Å². The number of amides is 1. The topological polar surface area (TPSA) is 91.6 Å². The van der Waals surface area contributed by atoms with E-state index in [1.807, 2.05) is 0 Å². The molecule has 2 heterocycles. The van der Waals surface area contributed by atoms with Crippen LogP contribution in [-0.2, 0) is 11.3 Å². The highest BCUT2D eigenvalue weighted by molar-refractivity contribution is 6.04. The van der Waals surface area contributed by atoms with Gasteiger partial charge in [-0.3, -0.25) is 19.6 Å². The van der Waals surface area contributed by atoms with Crippen molar-refractivity contribution in [3.63, 3.8) is 0 Å². The molecule has 0 radical (unpaired) electrons. The normalized spacial score (nSPS) is 14.4. The third kappa shape index (κ3) is 2.93. The van der Waals surface area contributed by atoms with Crippen LogP contribution in [0.4, 0.5) is 4.39 Å². The van der Waals surface area contributed by atoms with Gasteiger partial charge in [0.05, 0.1) is 23.2 Å². The Bertz CT molecular complexity index is 1160. The van der Waals surface area contributed by atoms with Gasteiger partial charge in [0.1, 0.15) is 5.82 Å². The minimum Gasteiger partial charge on any atom is -0.478 e. The van der Waals surface area contributed by atoms with Crippen LogP contribution in [0.2, 0.25) is 0 Å². The lowest BCUT2D eigenvalue weighted by atomic mass is 10.0. The van der Waals surface area contributed by atoms with Gasteiger partial charge in [-0.1, -0.05) is 30.3 Å². The summed E-state index contributed by atoms with van der Waals surface area (Å²) in [6.45, 7) is 0.367. The Morgan fingerprint density at radius 3 is 2.50 bits per heavy atom. The molecule has 28 heavy (non-hydrogen) atoms. The number of aromatic nitrogens is 1. The number of pyridine rings is 1. The number of carbonyl (C=O) groups is 2. The van der Waals surface area contributed by atoms with E-state index in [-0.39, 0.29) is 40.9 Å². The van der Waals surface area contributed by atoms with Crippen molar-refractivity contribution in [1.82, 2.24) is 15.0 Å². The fraction of sp³-hybridized carbons (Fsp3) is 0.150. The van der Waals surface area contributed by atoms with Crippen LogP contribution in [-0.4, -0.2) is 33.1 Å². The average molecular weight is 381 g/mol. The maximum atomic E-state index is 14.5. The van der Waals surface area contributed by atoms with Crippen LogP contribution in [0.15, 0.2) is 53.3 Å². The summed E-state index contributed by atoms with van der Waals surface area (Å²) in [4.78, 5) is 36.9. The van der Waals surface area contributed by atoms with Crippen LogP contribution in [0.5, 0.6) is 0 Å². The molecule has 4 rings (SSSR count). The molecule has 0 saturated carbocycles. The molecule has 2 aromatic carbocycles. The molecule has 2 N–H and O–H groups in total. The lowest BCUT2D eigenvalue weighted by Crippen LogP contribution is -2.36. The number of hydrogen-bond donors (Lipinski definition) is 2. The van der Waals surface area contributed by atoms with Gasteiger partial charge in [0.25, 0.3) is 5.56 Å². The minimum absolute atomic E-state index is 0.00996. The van der Waals surface area contributed by atoms with E-state index < -0.39 is 17.3 Å². The molecule has 0 aliphatic carbocycles. The summed E-state index contributed by atoms with van der Waals surface area (Å²) in [5, 5.41) is 11.2. The van der Waals surface area contributed by atoms with Crippen molar-refractivity contribution >= 4 is 22.6 Å². The quantitative estimate of drug-likeness (QED) is 0.722. The molecular weight excluding hydrogens is 365 g/mol. The van der Waals surface area contributed by atoms with Crippen molar-refractivity contribution < 1.29 is 19.1 Å². The molecule has 0 bridgehead atoms. The van der Waals surface area contributed by atoms with E-state index in [0.717, 1.165) is 6.07 Å². The zero-order valence-electron chi connectivity index (χ0n) is 14.7. The van der Waals surface area contributed by atoms with E-state index in [9.17, 15) is 23.9 Å². The Balaban J connectivity index is 2.08. The summed E-state index contributed by atoms with van der Waals surface area (Å²) in [7, 11) is 0. The largest absolute Gasteiger partial charge is 0.478 e. The smallest absolute Gasteiger partial charge is 0.338 e. The number of fused-ring (bicyclic) bond motifs is 1. The summed E-state index contributed by atoms with van der Waals surface area (Å²) < 4.78 is 15.7. The maximum Gasteiger partial charge on any atom is 0.338 e. The van der Waals surface area contributed by atoms with Crippen LogP contribution < -0.4 is 11.0 Å². The molecule has 0 unspecified atom stereocenters. The minimum atomic E-state index is -1.28. The highest BCUT2D eigenvalue weighted by atomic mass is 19.1. The number of hydrazine groups is 1. The van der Waals surface area contributed by atoms with E-state index in [0.29, 0.717) is 12.2 Å². The third-order valence-electron chi connectivity index (χ3n) is 4.72. The summed E-state index contributed by atoms with van der Waals surface area (Å²) >= 11 is 0. The Labute approximate surface area is 158 Å². The predicted molar refractivity (Wildman–Crippen MR) is 99.6 cm³/mol. The first-order chi connectivity index (χ1) is 13.5. The maximum absolute atomic E-state index is 14.5. The number of carboxylic acid groups (broad SMARTS) is 1. The molecule has 1 amide bonds. The first-order valence-corrected chi connectivity index (χ1v) is 8.66. The van der Waals surface area contributed by atoms with Crippen molar-refractivity contribution in [2.75, 3.05) is 6.54 Å². The number of para-hydroxylation sites is 1. The fourth-order valence-corrected chi connectivity index (χ4v) is 3.51. The molecule has 142 valence electrons. The molecule has 0 spiro atoms. The van der Waals surface area contributed by atoms with E-state index in [2.05, 4.69) is 5.43 Å². The van der Waals surface area contributed by atoms with Gasteiger partial charge in [-0.25, -0.2) is 14.2 Å². The lowest BCUT2D eigenvalue weighted by molar-refractivity contribution is -0.121. The summed E-state index contributed by atoms with van der Waals surface area (Å²) in [5.74, 6) is -2.24. The first-order valence-electron chi connectivity index (χ1n) is 8.66. The standard InChI is InChI=1S/C20H16FN3O4/c21-14-8-4-7-13-17(14)19(26)24(12-5-2-1-3-6-12)15(18(13)20(27)28)11-23-10-9-16(25)22-23/h1-8H,9-11H2,(H,22,25)(H,27,28). The van der Waals surface area contributed by atoms with Gasteiger partial charge < -0.3 is 5.11 Å². The van der Waals surface area contributed by atoms with E-state index >= 15 is 0 Å². The van der Waals surface area contributed by atoms with Crippen molar-refractivity contribution in [3.8, 4) is 5.69 Å². The molecule has 0 atom stereocenters. The number of benzene rings is 2. The number of nitrogens with zero attached hydrogens (tertiary/aromatic N) is 2. The Morgan fingerprint density at radius 2 is 1.86 bits per heavy atom. The van der Waals surface area contributed by atoms with Gasteiger partial charge in [-0.15, -0.1) is 0 Å². The molecule has 1 aromatic heterocycles. The monoisotopic (exact) mass is 381 g/mol. The summed E-state index contributed by atoms with van der Waals surface area (Å²) in [6, 6.07) is 12.4. The average Bonchev–Trinajstić information content (AvgIpc) is 3.07. The van der Waals surface area contributed by atoms with E-state index in [1.165, 1.54) is 16.7 Å². The lowest BCUT2D eigenvalue weighted by Gasteiger charge is -2.22. The molecular formula is C20H16FN3O4. The zero-order valence-corrected chi connectivity index (χ0v) is 14.7. The van der Waals surface area contributed by atoms with E-state index in [1.54, 1.807) is 35.3 Å². The van der Waals surface area contributed by atoms with Crippen LogP contribution >= 0.6 is 0 Å². The van der Waals surface area contributed by atoms with Crippen LogP contribution in [0, 0.1) is 5.82 Å². The van der Waals surface area contributed by atoms with Gasteiger partial charge in [-0.05, 0) is 18.2 Å². The summed E-state index contributed by atoms with van der Waals surface area (Å²) in [6.07, 6.45) is 0.278. The molecule has 8 heteroatoms. The van der Waals surface area contributed by atoms with Gasteiger partial charge in [0.2, 0.25) is 5.91 Å². The first kappa shape index (κ1) is 17.9. The van der Waals surface area contributed by atoms with Crippen molar-refractivity contribution in [2.24, 2.45) is 0 Å². The number of carbonyl (C=O) groups excluding carboxylic acids is 1. The summed E-state index contributed by atoms with van der Waals surface area (Å²) in [5.41, 5.74) is 2.41. The zero-order chi connectivity index (χ0) is 19.8. The Morgan fingerprint density at radius 1 is 1.11 bits per heavy atom. The highest BCUT2D eigenvalue weighted by Crippen LogP contribution is 2.25. The Kier molecular flexibility index (Phi) is 4.40. The molecule has 1 fully saturated rings. The molecule has 1 saturated heterocycles. The fourth-order valence-electron chi connectivity index (χ4n) is 3.51. The molecule has 7 nitrogen and oxygen atoms in total. The second-order valence-corrected chi connectivity index (χ2v) is 6.47. The van der Waals surface area contributed by atoms with Crippen molar-refractivity contribution in [3.05, 3.63) is 76.0 Å². The van der Waals surface area contributed by atoms with Gasteiger partial charge >= 0.3 is 5.97 Å². The number of halogens is 1. The van der Waals surface area contributed by atoms with Crippen LogP contribution in [0.25, 0.3) is 16.5 Å². The van der Waals surface area contributed by atoms with Crippen molar-refractivity contribution in [1.29, 1.82) is 0 Å².